The molecule has 0 saturated heterocycles. The standard InChI is InChI=1S/C37H44O12/c1-25(2)42-20-6-8-22-44-36(40)47-30-14-10-28(11-15-30)34(38)46-32-18-19-33(27(5)24-32)49-35(39)29-12-16-31(17-13-29)48-37(41)45-23-9-7-21-43-26(3)4/h10-19,24-26H,6-9,20-23H2,1-5H3. The van der Waals surface area contributed by atoms with Gasteiger partial charge in [-0.2, -0.15) is 0 Å². The Balaban J connectivity index is 1.41. The molecule has 49 heavy (non-hydrogen) atoms. The minimum atomic E-state index is -0.838. The molecular formula is C37H44O12. The van der Waals surface area contributed by atoms with Crippen molar-refractivity contribution in [1.29, 1.82) is 0 Å². The van der Waals surface area contributed by atoms with Crippen LogP contribution in [0.3, 0.4) is 0 Å². The van der Waals surface area contributed by atoms with Crippen LogP contribution in [0, 0.1) is 6.92 Å². The molecule has 0 N–H and O–H groups in total. The van der Waals surface area contributed by atoms with E-state index >= 15 is 0 Å². The highest BCUT2D eigenvalue weighted by Gasteiger charge is 2.15. The maximum absolute atomic E-state index is 12.7. The van der Waals surface area contributed by atoms with E-state index < -0.39 is 24.2 Å². The lowest BCUT2D eigenvalue weighted by atomic mass is 10.2. The van der Waals surface area contributed by atoms with Crippen molar-refractivity contribution in [3.63, 3.8) is 0 Å². The Labute approximate surface area is 286 Å². The number of ether oxygens (including phenoxy) is 8. The molecule has 0 saturated carbocycles. The van der Waals surface area contributed by atoms with E-state index in [0.717, 1.165) is 12.8 Å². The molecule has 3 rings (SSSR count). The lowest BCUT2D eigenvalue weighted by Crippen LogP contribution is -2.13. The molecule has 0 unspecified atom stereocenters. The van der Waals surface area contributed by atoms with Crippen LogP contribution in [0.5, 0.6) is 23.0 Å². The second-order valence-corrected chi connectivity index (χ2v) is 11.4. The average molecular weight is 681 g/mol. The van der Waals surface area contributed by atoms with Gasteiger partial charge in [-0.3, -0.25) is 0 Å². The number of aryl methyl sites for hydroxylation is 1. The largest absolute Gasteiger partial charge is 0.513 e. The van der Waals surface area contributed by atoms with E-state index in [-0.39, 0.29) is 59.5 Å². The smallest absolute Gasteiger partial charge is 0.434 e. The molecule has 0 aromatic heterocycles. The summed E-state index contributed by atoms with van der Waals surface area (Å²) in [5.74, 6) is -0.332. The first kappa shape index (κ1) is 38.5. The number of esters is 2. The van der Waals surface area contributed by atoms with Crippen LogP contribution in [0.2, 0.25) is 0 Å². The van der Waals surface area contributed by atoms with E-state index in [1.165, 1.54) is 60.7 Å². The van der Waals surface area contributed by atoms with Crippen molar-refractivity contribution in [3.05, 3.63) is 83.4 Å². The van der Waals surface area contributed by atoms with Gasteiger partial charge in [0.25, 0.3) is 0 Å². The molecule has 0 fully saturated rings. The lowest BCUT2D eigenvalue weighted by Gasteiger charge is -2.11. The number of hydrogen-bond acceptors (Lipinski definition) is 12. The molecule has 0 aliphatic rings. The second kappa shape index (κ2) is 20.4. The Bertz CT molecular complexity index is 1500. The number of carbonyl (C=O) groups is 4. The lowest BCUT2D eigenvalue weighted by molar-refractivity contribution is 0.0660. The number of unbranched alkanes of at least 4 members (excludes halogenated alkanes) is 2. The molecular weight excluding hydrogens is 636 g/mol. The van der Waals surface area contributed by atoms with Crippen LogP contribution < -0.4 is 18.9 Å². The minimum absolute atomic E-state index is 0.157. The number of benzene rings is 3. The topological polar surface area (TPSA) is 142 Å². The van der Waals surface area contributed by atoms with E-state index in [0.29, 0.717) is 31.6 Å². The van der Waals surface area contributed by atoms with Gasteiger partial charge in [0.05, 0.1) is 36.5 Å². The molecule has 0 atom stereocenters. The van der Waals surface area contributed by atoms with E-state index in [1.807, 2.05) is 27.7 Å². The molecule has 3 aromatic rings. The SMILES string of the molecule is Cc1cc(OC(=O)c2ccc(OC(=O)OCCCCOC(C)C)cc2)ccc1OC(=O)c1ccc(OC(=O)OCCCCOC(C)C)cc1. The van der Waals surface area contributed by atoms with Crippen molar-refractivity contribution < 1.29 is 57.1 Å². The van der Waals surface area contributed by atoms with E-state index in [4.69, 9.17) is 37.9 Å². The summed E-state index contributed by atoms with van der Waals surface area (Å²) in [7, 11) is 0. The summed E-state index contributed by atoms with van der Waals surface area (Å²) in [4.78, 5) is 49.2. The van der Waals surface area contributed by atoms with Crippen molar-refractivity contribution in [2.45, 2.75) is 72.5 Å². The summed E-state index contributed by atoms with van der Waals surface area (Å²) in [6, 6.07) is 16.2. The first-order chi connectivity index (χ1) is 23.5. The number of rotatable bonds is 18. The fourth-order valence-electron chi connectivity index (χ4n) is 4.05. The third kappa shape index (κ3) is 14.8. The van der Waals surface area contributed by atoms with Crippen LogP contribution >= 0.6 is 0 Å². The highest BCUT2D eigenvalue weighted by molar-refractivity contribution is 5.92. The van der Waals surface area contributed by atoms with E-state index in [9.17, 15) is 19.2 Å². The van der Waals surface area contributed by atoms with Crippen molar-refractivity contribution in [2.75, 3.05) is 26.4 Å². The normalized spacial score (nSPS) is 10.8. The first-order valence-corrected chi connectivity index (χ1v) is 16.2. The highest BCUT2D eigenvalue weighted by Crippen LogP contribution is 2.26. The van der Waals surface area contributed by atoms with Gasteiger partial charge in [0.1, 0.15) is 23.0 Å². The molecule has 12 nitrogen and oxygen atoms in total. The summed E-state index contributed by atoms with van der Waals surface area (Å²) < 4.78 is 42.2. The van der Waals surface area contributed by atoms with Crippen LogP contribution in [0.1, 0.15) is 79.7 Å². The predicted molar refractivity (Wildman–Crippen MR) is 179 cm³/mol. The number of hydrogen-bond donors (Lipinski definition) is 0. The van der Waals surface area contributed by atoms with Gasteiger partial charge in [0.2, 0.25) is 0 Å². The maximum atomic E-state index is 12.7. The quantitative estimate of drug-likeness (QED) is 0.0558. The Morgan fingerprint density at radius 3 is 1.35 bits per heavy atom. The first-order valence-electron chi connectivity index (χ1n) is 16.2. The van der Waals surface area contributed by atoms with Crippen LogP contribution in [0.15, 0.2) is 66.7 Å². The molecule has 12 heteroatoms. The van der Waals surface area contributed by atoms with Crippen LogP contribution in [0.25, 0.3) is 0 Å². The minimum Gasteiger partial charge on any atom is -0.434 e. The van der Waals surface area contributed by atoms with Gasteiger partial charge in [-0.05, 0) is 133 Å². The van der Waals surface area contributed by atoms with Gasteiger partial charge in [0.15, 0.2) is 0 Å². The Hall–Kier alpha value is -4.94. The van der Waals surface area contributed by atoms with Crippen LogP contribution in [-0.2, 0) is 18.9 Å². The monoisotopic (exact) mass is 680 g/mol. The van der Waals surface area contributed by atoms with Gasteiger partial charge in [0, 0.05) is 13.2 Å². The molecule has 264 valence electrons. The molecule has 0 spiro atoms. The second-order valence-electron chi connectivity index (χ2n) is 11.4. The van der Waals surface area contributed by atoms with Gasteiger partial charge >= 0.3 is 24.2 Å². The molecule has 3 aromatic carbocycles. The van der Waals surface area contributed by atoms with Gasteiger partial charge in [-0.25, -0.2) is 19.2 Å². The van der Waals surface area contributed by atoms with Gasteiger partial charge in [-0.1, -0.05) is 0 Å². The van der Waals surface area contributed by atoms with Crippen LogP contribution in [0.4, 0.5) is 9.59 Å². The third-order valence-corrected chi connectivity index (χ3v) is 6.56. The van der Waals surface area contributed by atoms with Crippen molar-refractivity contribution >= 4 is 24.2 Å². The Kier molecular flexibility index (Phi) is 16.1. The predicted octanol–water partition coefficient (Wildman–Crippen LogP) is 7.87. The van der Waals surface area contributed by atoms with Gasteiger partial charge in [-0.15, -0.1) is 0 Å². The Morgan fingerprint density at radius 1 is 0.510 bits per heavy atom. The van der Waals surface area contributed by atoms with Crippen molar-refractivity contribution in [3.8, 4) is 23.0 Å². The highest BCUT2D eigenvalue weighted by atomic mass is 16.7. The third-order valence-electron chi connectivity index (χ3n) is 6.56. The van der Waals surface area contributed by atoms with Crippen molar-refractivity contribution in [1.82, 2.24) is 0 Å². The average Bonchev–Trinajstić information content (AvgIpc) is 3.06. The summed E-state index contributed by atoms with van der Waals surface area (Å²) in [6.07, 6.45) is 1.46. The van der Waals surface area contributed by atoms with E-state index in [1.54, 1.807) is 13.0 Å². The van der Waals surface area contributed by atoms with Crippen molar-refractivity contribution in [2.24, 2.45) is 0 Å². The fraction of sp³-hybridized carbons (Fsp3) is 0.405. The summed E-state index contributed by atoms with van der Waals surface area (Å²) >= 11 is 0. The fourth-order valence-corrected chi connectivity index (χ4v) is 4.05. The summed E-state index contributed by atoms with van der Waals surface area (Å²) in [5, 5.41) is 0. The molecule has 0 radical (unpaired) electrons. The number of carbonyl (C=O) groups excluding carboxylic acids is 4. The summed E-state index contributed by atoms with van der Waals surface area (Å²) in [5.41, 5.74) is 1.01. The summed E-state index contributed by atoms with van der Waals surface area (Å²) in [6.45, 7) is 11.1. The Morgan fingerprint density at radius 2 is 0.918 bits per heavy atom. The zero-order chi connectivity index (χ0) is 35.6. The van der Waals surface area contributed by atoms with E-state index in [2.05, 4.69) is 0 Å². The maximum Gasteiger partial charge on any atom is 0.513 e. The van der Waals surface area contributed by atoms with Gasteiger partial charge < -0.3 is 37.9 Å². The molecule has 0 aliphatic heterocycles. The molecule has 0 aliphatic carbocycles. The zero-order valence-corrected chi connectivity index (χ0v) is 28.6. The molecule has 0 bridgehead atoms. The zero-order valence-electron chi connectivity index (χ0n) is 28.6. The molecule has 0 heterocycles. The van der Waals surface area contributed by atoms with Crippen LogP contribution in [-0.4, -0.2) is 62.9 Å². The molecule has 0 amide bonds.